The summed E-state index contributed by atoms with van der Waals surface area (Å²) >= 11 is 0. The van der Waals surface area contributed by atoms with Crippen LogP contribution in [0.15, 0.2) is 24.8 Å². The Kier molecular flexibility index (Phi) is 14.3. The van der Waals surface area contributed by atoms with Crippen molar-refractivity contribution in [2.75, 3.05) is 6.61 Å². The molecular weight excluding hydrogens is 252 g/mol. The molecule has 0 rings (SSSR count). The molecule has 0 bridgehead atoms. The molecule has 0 saturated carbocycles. The van der Waals surface area contributed by atoms with Gasteiger partial charge in [-0.1, -0.05) is 63.3 Å². The molecule has 2 atom stereocenters. The Balaban J connectivity index is 3.20. The Hall–Kier alpha value is -0.640. The number of allylic oxidation sites excluding steroid dienone is 3. The maximum atomic E-state index is 9.61. The Bertz CT molecular complexity index is 238. The van der Waals surface area contributed by atoms with Crippen molar-refractivity contribution < 1.29 is 15.3 Å². The second kappa shape index (κ2) is 14.8. The third kappa shape index (κ3) is 13.8. The molecule has 0 radical (unpaired) electrons. The van der Waals surface area contributed by atoms with E-state index in [-0.39, 0.29) is 13.0 Å². The number of unbranched alkanes of at least 4 members (excludes halogenated alkanes) is 7. The molecule has 3 N–H and O–H groups in total. The van der Waals surface area contributed by atoms with Gasteiger partial charge in [0.1, 0.15) is 0 Å². The molecule has 0 heterocycles. The third-order valence-corrected chi connectivity index (χ3v) is 3.44. The standard InChI is InChI=1S/C17H32O3/c1-2-3-4-5-6-7-8-9-10-11-12-13-16(19)14-17(20)15-18/h2-4,16-20H,1,5-15H2/b4-3+/t16-,17+/m1/s1. The van der Waals surface area contributed by atoms with Crippen LogP contribution in [0.3, 0.4) is 0 Å². The minimum Gasteiger partial charge on any atom is -0.394 e. The minimum absolute atomic E-state index is 0.265. The summed E-state index contributed by atoms with van der Waals surface area (Å²) in [6.45, 7) is 3.37. The Morgan fingerprint density at radius 3 is 2.05 bits per heavy atom. The van der Waals surface area contributed by atoms with Crippen molar-refractivity contribution >= 4 is 0 Å². The smallest absolute Gasteiger partial charge is 0.0795 e. The van der Waals surface area contributed by atoms with Crippen LogP contribution in [0.5, 0.6) is 0 Å². The van der Waals surface area contributed by atoms with E-state index in [1.54, 1.807) is 0 Å². The van der Waals surface area contributed by atoms with Crippen LogP contribution >= 0.6 is 0 Å². The molecule has 0 aliphatic rings. The predicted octanol–water partition coefficient (Wildman–Crippen LogP) is 3.34. The Labute approximate surface area is 124 Å². The lowest BCUT2D eigenvalue weighted by Gasteiger charge is -2.13. The van der Waals surface area contributed by atoms with Crippen molar-refractivity contribution in [3.05, 3.63) is 24.8 Å². The molecule has 0 aliphatic carbocycles. The largest absolute Gasteiger partial charge is 0.394 e. The molecule has 0 spiro atoms. The summed E-state index contributed by atoms with van der Waals surface area (Å²) in [5, 5.41) is 27.5. The zero-order valence-electron chi connectivity index (χ0n) is 12.7. The van der Waals surface area contributed by atoms with E-state index < -0.39 is 12.2 Å². The lowest BCUT2D eigenvalue weighted by Crippen LogP contribution is -2.20. The first-order valence-corrected chi connectivity index (χ1v) is 7.95. The molecule has 0 fully saturated rings. The van der Waals surface area contributed by atoms with E-state index in [2.05, 4.69) is 12.7 Å². The maximum absolute atomic E-state index is 9.61. The molecular formula is C17H32O3. The lowest BCUT2D eigenvalue weighted by atomic mass is 10.0. The number of hydrogen-bond acceptors (Lipinski definition) is 3. The van der Waals surface area contributed by atoms with Gasteiger partial charge >= 0.3 is 0 Å². The average molecular weight is 284 g/mol. The monoisotopic (exact) mass is 284 g/mol. The third-order valence-electron chi connectivity index (χ3n) is 3.44. The quantitative estimate of drug-likeness (QED) is 0.339. The van der Waals surface area contributed by atoms with Crippen molar-refractivity contribution in [1.82, 2.24) is 0 Å². The van der Waals surface area contributed by atoms with Gasteiger partial charge in [0.25, 0.3) is 0 Å². The van der Waals surface area contributed by atoms with Gasteiger partial charge in [-0.25, -0.2) is 0 Å². The molecule has 0 saturated heterocycles. The van der Waals surface area contributed by atoms with E-state index in [1.165, 1.54) is 32.1 Å². The summed E-state index contributed by atoms with van der Waals surface area (Å²) < 4.78 is 0. The fraction of sp³-hybridized carbons (Fsp3) is 0.765. The number of hydrogen-bond donors (Lipinski definition) is 3. The second-order valence-corrected chi connectivity index (χ2v) is 5.44. The summed E-state index contributed by atoms with van der Waals surface area (Å²) in [6, 6.07) is 0. The van der Waals surface area contributed by atoms with Gasteiger partial charge in [0.15, 0.2) is 0 Å². The SMILES string of the molecule is C=C/C=C/CCCCCCCCC[C@@H](O)C[C@H](O)CO. The van der Waals surface area contributed by atoms with Crippen molar-refractivity contribution in [3.63, 3.8) is 0 Å². The van der Waals surface area contributed by atoms with Crippen LogP contribution in [0.25, 0.3) is 0 Å². The van der Waals surface area contributed by atoms with Crippen molar-refractivity contribution in [3.8, 4) is 0 Å². The zero-order chi connectivity index (χ0) is 15.1. The number of rotatable bonds is 14. The molecule has 0 aliphatic heterocycles. The lowest BCUT2D eigenvalue weighted by molar-refractivity contribution is 0.0380. The molecule has 3 nitrogen and oxygen atoms in total. The summed E-state index contributed by atoms with van der Waals surface area (Å²) in [6.07, 6.45) is 15.3. The molecule has 0 unspecified atom stereocenters. The average Bonchev–Trinajstić information content (AvgIpc) is 2.44. The van der Waals surface area contributed by atoms with Crippen molar-refractivity contribution in [1.29, 1.82) is 0 Å². The second-order valence-electron chi connectivity index (χ2n) is 5.44. The van der Waals surface area contributed by atoms with Gasteiger partial charge in [0, 0.05) is 6.42 Å². The molecule has 3 heteroatoms. The van der Waals surface area contributed by atoms with Gasteiger partial charge in [-0.3, -0.25) is 0 Å². The summed E-state index contributed by atoms with van der Waals surface area (Å²) in [4.78, 5) is 0. The highest BCUT2D eigenvalue weighted by Crippen LogP contribution is 2.12. The van der Waals surface area contributed by atoms with Crippen LogP contribution in [0, 0.1) is 0 Å². The maximum Gasteiger partial charge on any atom is 0.0795 e. The molecule has 0 aromatic heterocycles. The highest BCUT2D eigenvalue weighted by molar-refractivity contribution is 4.96. The van der Waals surface area contributed by atoms with E-state index in [0.29, 0.717) is 0 Å². The number of aliphatic hydroxyl groups excluding tert-OH is 3. The van der Waals surface area contributed by atoms with Crippen LogP contribution in [0.2, 0.25) is 0 Å². The number of aliphatic hydroxyl groups is 3. The first kappa shape index (κ1) is 19.4. The van der Waals surface area contributed by atoms with Gasteiger partial charge in [0.2, 0.25) is 0 Å². The molecule has 0 amide bonds. The summed E-state index contributed by atoms with van der Waals surface area (Å²) in [7, 11) is 0. The minimum atomic E-state index is -0.778. The summed E-state index contributed by atoms with van der Waals surface area (Å²) in [5.74, 6) is 0. The van der Waals surface area contributed by atoms with Crippen LogP contribution in [0.1, 0.15) is 64.2 Å². The Morgan fingerprint density at radius 2 is 1.45 bits per heavy atom. The van der Waals surface area contributed by atoms with Gasteiger partial charge in [-0.05, 0) is 19.3 Å². The van der Waals surface area contributed by atoms with Crippen LogP contribution in [0.4, 0.5) is 0 Å². The van der Waals surface area contributed by atoms with Gasteiger partial charge in [-0.15, -0.1) is 0 Å². The van der Waals surface area contributed by atoms with Crippen LogP contribution < -0.4 is 0 Å². The Morgan fingerprint density at radius 1 is 0.850 bits per heavy atom. The first-order valence-electron chi connectivity index (χ1n) is 7.95. The van der Waals surface area contributed by atoms with Gasteiger partial charge in [-0.2, -0.15) is 0 Å². The van der Waals surface area contributed by atoms with Crippen LogP contribution in [-0.2, 0) is 0 Å². The van der Waals surface area contributed by atoms with E-state index in [0.717, 1.165) is 25.7 Å². The highest BCUT2D eigenvalue weighted by Gasteiger charge is 2.10. The van der Waals surface area contributed by atoms with Crippen LogP contribution in [-0.4, -0.2) is 34.1 Å². The summed E-state index contributed by atoms with van der Waals surface area (Å²) in [5.41, 5.74) is 0. The van der Waals surface area contributed by atoms with Gasteiger partial charge in [0.05, 0.1) is 18.8 Å². The molecule has 118 valence electrons. The molecule has 0 aromatic rings. The fourth-order valence-electron chi connectivity index (χ4n) is 2.22. The zero-order valence-corrected chi connectivity index (χ0v) is 12.7. The molecule has 0 aromatic carbocycles. The van der Waals surface area contributed by atoms with E-state index in [1.807, 2.05) is 12.2 Å². The highest BCUT2D eigenvalue weighted by atomic mass is 16.3. The van der Waals surface area contributed by atoms with E-state index in [4.69, 9.17) is 5.11 Å². The van der Waals surface area contributed by atoms with Crippen molar-refractivity contribution in [2.24, 2.45) is 0 Å². The normalized spacial score (nSPS) is 14.6. The van der Waals surface area contributed by atoms with Crippen molar-refractivity contribution in [2.45, 2.75) is 76.4 Å². The molecule has 20 heavy (non-hydrogen) atoms. The van der Waals surface area contributed by atoms with E-state index in [9.17, 15) is 10.2 Å². The van der Waals surface area contributed by atoms with Gasteiger partial charge < -0.3 is 15.3 Å². The topological polar surface area (TPSA) is 60.7 Å². The first-order chi connectivity index (χ1) is 9.70. The van der Waals surface area contributed by atoms with E-state index >= 15 is 0 Å². The fourth-order valence-corrected chi connectivity index (χ4v) is 2.22. The predicted molar refractivity (Wildman–Crippen MR) is 84.6 cm³/mol.